The molecule has 2 aromatic heterocycles. The Morgan fingerprint density at radius 1 is 1.13 bits per heavy atom. The van der Waals surface area contributed by atoms with Crippen molar-refractivity contribution in [3.8, 4) is 5.75 Å². The number of hydrogen-bond acceptors (Lipinski definition) is 11. The summed E-state index contributed by atoms with van der Waals surface area (Å²) < 4.78 is 54.3. The number of fused-ring (bicyclic) bond motifs is 1. The molecule has 0 amide bonds. The van der Waals surface area contributed by atoms with Crippen LogP contribution in [0.1, 0.15) is 5.56 Å². The molecule has 2 heterocycles. The molecule has 0 aliphatic carbocycles. The van der Waals surface area contributed by atoms with E-state index in [-0.39, 0.29) is 42.6 Å². The zero-order chi connectivity index (χ0) is 27.0. The lowest BCUT2D eigenvalue weighted by Crippen LogP contribution is -2.15. The average Bonchev–Trinajstić information content (AvgIpc) is 3.29. The number of nitrogen functional groups attached to an aromatic ring is 1. The fourth-order valence-corrected chi connectivity index (χ4v) is 4.29. The van der Waals surface area contributed by atoms with Gasteiger partial charge in [0.25, 0.3) is 5.56 Å². The van der Waals surface area contributed by atoms with Gasteiger partial charge >= 0.3 is 13.8 Å². The highest BCUT2D eigenvalue weighted by atomic mass is 31.2. The molecular weight excluding hydrogens is 524 g/mol. The first-order chi connectivity index (χ1) is 18.3. The molecule has 1 unspecified atom stereocenters. The Kier molecular flexibility index (Phi) is 8.81. The first-order valence-electron chi connectivity index (χ1n) is 11.1. The third-order valence-corrected chi connectivity index (χ3v) is 6.43. The molecule has 15 heteroatoms. The number of halogens is 1. The summed E-state index contributed by atoms with van der Waals surface area (Å²) in [7, 11) is -4.00. The van der Waals surface area contributed by atoms with Crippen molar-refractivity contribution in [2.24, 2.45) is 0 Å². The van der Waals surface area contributed by atoms with Crippen LogP contribution in [0.5, 0.6) is 5.75 Å². The number of imidazole rings is 1. The number of nitrogens with one attached hydrogen (secondary N) is 1. The monoisotopic (exact) mass is 547 g/mol. The molecule has 3 N–H and O–H groups in total. The largest absolute Gasteiger partial charge is 0.515 e. The third kappa shape index (κ3) is 7.46. The van der Waals surface area contributed by atoms with Crippen LogP contribution in [-0.4, -0.2) is 45.4 Å². The van der Waals surface area contributed by atoms with Crippen LogP contribution in [0.4, 0.5) is 15.1 Å². The standard InChI is InChI=1S/C23H23FN5O8P/c24-17-6-4-5-16(11-17)12-35-38(32,36-14-34-23(31)37-18-7-2-1-3-8-18)15-33-10-9-29-13-26-19-20(29)27-22(25)28-21(19)30/h1-8,11,13H,9-10,12,14-15H2,(H3,25,27,28,30). The molecule has 0 aliphatic heterocycles. The van der Waals surface area contributed by atoms with Crippen LogP contribution >= 0.6 is 7.60 Å². The normalized spacial score (nSPS) is 12.8. The first kappa shape index (κ1) is 26.9. The fourth-order valence-electron chi connectivity index (χ4n) is 3.15. The van der Waals surface area contributed by atoms with Crippen LogP contribution in [0.15, 0.2) is 65.7 Å². The predicted molar refractivity (Wildman–Crippen MR) is 132 cm³/mol. The molecule has 1 atom stereocenters. The zero-order valence-corrected chi connectivity index (χ0v) is 20.7. The summed E-state index contributed by atoms with van der Waals surface area (Å²) in [5.74, 6) is -0.318. The van der Waals surface area contributed by atoms with Gasteiger partial charge in [-0.3, -0.25) is 18.9 Å². The zero-order valence-electron chi connectivity index (χ0n) is 19.8. The number of H-pyrrole nitrogens is 1. The minimum absolute atomic E-state index is 0.00652. The molecule has 2 aromatic carbocycles. The lowest BCUT2D eigenvalue weighted by Gasteiger charge is -2.18. The van der Waals surface area contributed by atoms with Gasteiger partial charge in [0.05, 0.1) is 19.5 Å². The van der Waals surface area contributed by atoms with Crippen LogP contribution in [0, 0.1) is 5.82 Å². The van der Waals surface area contributed by atoms with Crippen molar-refractivity contribution in [2.75, 3.05) is 25.5 Å². The van der Waals surface area contributed by atoms with Gasteiger partial charge in [-0.25, -0.2) is 14.2 Å². The number of nitrogens with two attached hydrogens (primary N) is 1. The van der Waals surface area contributed by atoms with Crippen LogP contribution in [0.2, 0.25) is 0 Å². The van der Waals surface area contributed by atoms with E-state index in [4.69, 9.17) is 29.0 Å². The van der Waals surface area contributed by atoms with E-state index >= 15 is 0 Å². The Bertz CT molecular complexity index is 1500. The van der Waals surface area contributed by atoms with Crippen LogP contribution < -0.4 is 16.0 Å². The summed E-state index contributed by atoms with van der Waals surface area (Å²) >= 11 is 0. The van der Waals surface area contributed by atoms with E-state index in [1.807, 2.05) is 0 Å². The van der Waals surface area contributed by atoms with E-state index in [1.54, 1.807) is 36.4 Å². The smallest absolute Gasteiger partial charge is 0.406 e. The van der Waals surface area contributed by atoms with Gasteiger partial charge in [0, 0.05) is 6.54 Å². The number of anilines is 1. The molecule has 13 nitrogen and oxygen atoms in total. The summed E-state index contributed by atoms with van der Waals surface area (Å²) in [6.45, 7) is -0.845. The van der Waals surface area contributed by atoms with Crippen LogP contribution in [0.3, 0.4) is 0 Å². The second kappa shape index (κ2) is 12.4. The fraction of sp³-hybridized carbons (Fsp3) is 0.217. The minimum atomic E-state index is -4.00. The molecule has 0 saturated carbocycles. The van der Waals surface area contributed by atoms with Gasteiger partial charge in [0.2, 0.25) is 12.7 Å². The van der Waals surface area contributed by atoms with E-state index < -0.39 is 38.3 Å². The lowest BCUT2D eigenvalue weighted by molar-refractivity contribution is 0.0154. The Labute approximate surface area is 214 Å². The van der Waals surface area contributed by atoms with Gasteiger partial charge in [-0.05, 0) is 29.8 Å². The molecule has 0 aliphatic rings. The van der Waals surface area contributed by atoms with Gasteiger partial charge in [0.1, 0.15) is 17.9 Å². The van der Waals surface area contributed by atoms with Crippen LogP contribution in [-0.2, 0) is 36.2 Å². The number of hydrogen-bond donors (Lipinski definition) is 2. The van der Waals surface area contributed by atoms with Gasteiger partial charge in [-0.1, -0.05) is 30.3 Å². The molecular formula is C23H23FN5O8P. The molecule has 4 aromatic rings. The highest BCUT2D eigenvalue weighted by Crippen LogP contribution is 2.49. The number of carbonyl (C=O) groups is 1. The summed E-state index contributed by atoms with van der Waals surface area (Å²) in [6, 6.07) is 13.7. The molecule has 0 spiro atoms. The van der Waals surface area contributed by atoms with Crippen molar-refractivity contribution in [3.05, 3.63) is 82.7 Å². The second-order valence-electron chi connectivity index (χ2n) is 7.67. The van der Waals surface area contributed by atoms with E-state index in [0.717, 1.165) is 0 Å². The SMILES string of the molecule is Nc1nc2c(ncn2CCOCP(=O)(OCOC(=O)Oc2ccccc2)OCc2cccc(F)c2)c(=O)[nH]1. The van der Waals surface area contributed by atoms with Crippen molar-refractivity contribution in [1.82, 2.24) is 19.5 Å². The number of carbonyl (C=O) groups excluding carboxylic acids is 1. The third-order valence-electron chi connectivity index (χ3n) is 4.91. The van der Waals surface area contributed by atoms with E-state index in [2.05, 4.69) is 15.0 Å². The highest BCUT2D eigenvalue weighted by Gasteiger charge is 2.27. The maximum absolute atomic E-state index is 13.5. The van der Waals surface area contributed by atoms with Gasteiger partial charge < -0.3 is 29.0 Å². The lowest BCUT2D eigenvalue weighted by atomic mass is 10.2. The summed E-state index contributed by atoms with van der Waals surface area (Å²) in [4.78, 5) is 34.2. The Morgan fingerprint density at radius 2 is 1.95 bits per heavy atom. The molecule has 38 heavy (non-hydrogen) atoms. The topological polar surface area (TPSA) is 170 Å². The summed E-state index contributed by atoms with van der Waals surface area (Å²) in [5, 5.41) is 0. The predicted octanol–water partition coefficient (Wildman–Crippen LogP) is 3.41. The maximum atomic E-state index is 13.5. The Morgan fingerprint density at radius 3 is 2.74 bits per heavy atom. The Hall–Kier alpha value is -4.10. The Balaban J connectivity index is 1.34. The first-order valence-corrected chi connectivity index (χ1v) is 12.8. The van der Waals surface area contributed by atoms with Crippen molar-refractivity contribution < 1.29 is 37.0 Å². The summed E-state index contributed by atoms with van der Waals surface area (Å²) in [5.41, 5.74) is 5.86. The van der Waals surface area contributed by atoms with Crippen LogP contribution in [0.25, 0.3) is 11.2 Å². The highest BCUT2D eigenvalue weighted by molar-refractivity contribution is 7.53. The molecule has 0 radical (unpaired) electrons. The van der Waals surface area contributed by atoms with E-state index in [0.29, 0.717) is 5.56 Å². The van der Waals surface area contributed by atoms with Gasteiger partial charge in [-0.15, -0.1) is 0 Å². The van der Waals surface area contributed by atoms with Crippen molar-refractivity contribution in [1.29, 1.82) is 0 Å². The van der Waals surface area contributed by atoms with Crippen molar-refractivity contribution in [2.45, 2.75) is 13.2 Å². The summed E-state index contributed by atoms with van der Waals surface area (Å²) in [6.07, 6.45) is -0.219. The number of nitrogens with zero attached hydrogens (tertiary/aromatic N) is 3. The molecule has 0 fully saturated rings. The molecule has 4 rings (SSSR count). The van der Waals surface area contributed by atoms with Gasteiger partial charge in [0.15, 0.2) is 11.2 Å². The molecule has 200 valence electrons. The molecule has 0 bridgehead atoms. The number of para-hydroxylation sites is 1. The quantitative estimate of drug-likeness (QED) is 0.0876. The second-order valence-corrected chi connectivity index (χ2v) is 9.67. The minimum Gasteiger partial charge on any atom is -0.406 e. The van der Waals surface area contributed by atoms with Crippen molar-refractivity contribution >= 4 is 30.9 Å². The number of ether oxygens (including phenoxy) is 3. The number of aromatic amines is 1. The molecule has 0 saturated heterocycles. The van der Waals surface area contributed by atoms with E-state index in [1.165, 1.54) is 29.1 Å². The van der Waals surface area contributed by atoms with Gasteiger partial charge in [-0.2, -0.15) is 4.98 Å². The van der Waals surface area contributed by atoms with E-state index in [9.17, 15) is 18.5 Å². The maximum Gasteiger partial charge on any atom is 0.515 e. The number of benzene rings is 2. The average molecular weight is 547 g/mol. The number of aromatic nitrogens is 4. The van der Waals surface area contributed by atoms with Crippen molar-refractivity contribution in [3.63, 3.8) is 0 Å². The number of rotatable bonds is 12.